The van der Waals surface area contributed by atoms with Gasteiger partial charge >= 0.3 is 6.36 Å². The molecule has 1 rings (SSSR count). The molecule has 0 amide bonds. The van der Waals surface area contributed by atoms with Gasteiger partial charge in [0.1, 0.15) is 5.75 Å². The van der Waals surface area contributed by atoms with Gasteiger partial charge < -0.3 is 4.74 Å². The number of ether oxygens (including phenoxy) is 1. The van der Waals surface area contributed by atoms with Crippen molar-refractivity contribution in [2.45, 2.75) is 19.7 Å². The van der Waals surface area contributed by atoms with Crippen LogP contribution in [0.15, 0.2) is 18.2 Å². The van der Waals surface area contributed by atoms with Gasteiger partial charge in [0, 0.05) is 11.1 Å². The standard InChI is InChI=1S/C11H10ClF3O2/c1-2-7-8(9(16)6-12)4-3-5-10(7)17-11(13,14)15/h3-5H,2,6H2,1H3. The van der Waals surface area contributed by atoms with Crippen LogP contribution in [0, 0.1) is 0 Å². The Labute approximate surface area is 101 Å². The molecule has 0 bridgehead atoms. The molecule has 2 nitrogen and oxygen atoms in total. The van der Waals surface area contributed by atoms with Gasteiger partial charge in [-0.1, -0.05) is 19.1 Å². The summed E-state index contributed by atoms with van der Waals surface area (Å²) in [6, 6.07) is 3.95. The molecule has 94 valence electrons. The molecule has 0 spiro atoms. The van der Waals surface area contributed by atoms with Gasteiger partial charge in [-0.25, -0.2) is 0 Å². The second-order valence-electron chi connectivity index (χ2n) is 3.24. The van der Waals surface area contributed by atoms with Crippen molar-refractivity contribution in [1.29, 1.82) is 0 Å². The molecule has 1 aromatic rings. The van der Waals surface area contributed by atoms with Gasteiger partial charge in [0.05, 0.1) is 5.88 Å². The maximum atomic E-state index is 12.1. The molecule has 0 atom stereocenters. The van der Waals surface area contributed by atoms with E-state index in [1.807, 2.05) is 0 Å². The highest BCUT2D eigenvalue weighted by atomic mass is 35.5. The van der Waals surface area contributed by atoms with Crippen molar-refractivity contribution < 1.29 is 22.7 Å². The fourth-order valence-corrected chi connectivity index (χ4v) is 1.63. The minimum Gasteiger partial charge on any atom is -0.405 e. The fourth-order valence-electron chi connectivity index (χ4n) is 1.48. The largest absolute Gasteiger partial charge is 0.573 e. The summed E-state index contributed by atoms with van der Waals surface area (Å²) in [4.78, 5) is 11.4. The van der Waals surface area contributed by atoms with Crippen LogP contribution in [0.3, 0.4) is 0 Å². The molecule has 0 saturated carbocycles. The molecule has 0 aliphatic heterocycles. The Morgan fingerprint density at radius 1 is 1.41 bits per heavy atom. The Bertz CT molecular complexity index is 416. The summed E-state index contributed by atoms with van der Waals surface area (Å²) in [6.45, 7) is 1.64. The van der Waals surface area contributed by atoms with E-state index in [1.165, 1.54) is 18.2 Å². The number of rotatable bonds is 4. The van der Waals surface area contributed by atoms with Crippen molar-refractivity contribution in [3.8, 4) is 5.75 Å². The molecule has 17 heavy (non-hydrogen) atoms. The average Bonchev–Trinajstić information content (AvgIpc) is 2.25. The number of Topliss-reactive ketones (excluding diaryl/α,β-unsaturated/α-hetero) is 1. The number of hydrogen-bond donors (Lipinski definition) is 0. The van der Waals surface area contributed by atoms with E-state index in [4.69, 9.17) is 11.6 Å². The van der Waals surface area contributed by atoms with Crippen LogP contribution in [-0.4, -0.2) is 18.0 Å². The van der Waals surface area contributed by atoms with E-state index in [0.717, 1.165) is 0 Å². The van der Waals surface area contributed by atoms with E-state index in [-0.39, 0.29) is 29.2 Å². The molecule has 0 radical (unpaired) electrons. The molecule has 0 saturated heterocycles. The Morgan fingerprint density at radius 3 is 2.53 bits per heavy atom. The van der Waals surface area contributed by atoms with Crippen molar-refractivity contribution in [3.05, 3.63) is 29.3 Å². The van der Waals surface area contributed by atoms with Crippen molar-refractivity contribution in [3.63, 3.8) is 0 Å². The predicted molar refractivity (Wildman–Crippen MR) is 57.6 cm³/mol. The van der Waals surface area contributed by atoms with Crippen molar-refractivity contribution in [2.75, 3.05) is 5.88 Å². The van der Waals surface area contributed by atoms with Crippen LogP contribution in [0.5, 0.6) is 5.75 Å². The van der Waals surface area contributed by atoms with Gasteiger partial charge in [0.25, 0.3) is 0 Å². The highest BCUT2D eigenvalue weighted by molar-refractivity contribution is 6.30. The lowest BCUT2D eigenvalue weighted by molar-refractivity contribution is -0.274. The number of hydrogen-bond acceptors (Lipinski definition) is 2. The molecule has 1 aromatic carbocycles. The van der Waals surface area contributed by atoms with Crippen molar-refractivity contribution in [1.82, 2.24) is 0 Å². The quantitative estimate of drug-likeness (QED) is 0.615. The first-order chi connectivity index (χ1) is 7.89. The monoisotopic (exact) mass is 266 g/mol. The molecule has 0 heterocycles. The number of carbonyl (C=O) groups is 1. The SMILES string of the molecule is CCc1c(OC(F)(F)F)cccc1C(=O)CCl. The minimum atomic E-state index is -4.77. The number of halogens is 4. The van der Waals surface area contributed by atoms with Gasteiger partial charge in [-0.3, -0.25) is 4.79 Å². The third-order valence-electron chi connectivity index (χ3n) is 2.13. The molecule has 6 heteroatoms. The average molecular weight is 267 g/mol. The lowest BCUT2D eigenvalue weighted by Gasteiger charge is -2.14. The van der Waals surface area contributed by atoms with Crippen LogP contribution in [0.25, 0.3) is 0 Å². The summed E-state index contributed by atoms with van der Waals surface area (Å²) in [7, 11) is 0. The summed E-state index contributed by atoms with van der Waals surface area (Å²) in [5.74, 6) is -1.05. The van der Waals surface area contributed by atoms with Gasteiger partial charge in [-0.15, -0.1) is 24.8 Å². The summed E-state index contributed by atoms with van der Waals surface area (Å²) in [5.41, 5.74) is 0.389. The van der Waals surface area contributed by atoms with Crippen LogP contribution in [-0.2, 0) is 6.42 Å². The molecule has 0 N–H and O–H groups in total. The zero-order valence-electron chi connectivity index (χ0n) is 8.97. The predicted octanol–water partition coefficient (Wildman–Crippen LogP) is 3.57. The number of alkyl halides is 4. The summed E-state index contributed by atoms with van der Waals surface area (Å²) in [6.07, 6.45) is -4.52. The van der Waals surface area contributed by atoms with Gasteiger partial charge in [-0.05, 0) is 12.5 Å². The molecular weight excluding hydrogens is 257 g/mol. The normalized spacial score (nSPS) is 11.4. The zero-order chi connectivity index (χ0) is 13.1. The van der Waals surface area contributed by atoms with Crippen LogP contribution >= 0.6 is 11.6 Å². The summed E-state index contributed by atoms with van der Waals surface area (Å²) in [5, 5.41) is 0. The zero-order valence-corrected chi connectivity index (χ0v) is 9.73. The van der Waals surface area contributed by atoms with E-state index in [1.54, 1.807) is 6.92 Å². The van der Waals surface area contributed by atoms with Crippen molar-refractivity contribution >= 4 is 17.4 Å². The van der Waals surface area contributed by atoms with E-state index in [9.17, 15) is 18.0 Å². The van der Waals surface area contributed by atoms with E-state index in [2.05, 4.69) is 4.74 Å². The third-order valence-corrected chi connectivity index (χ3v) is 2.38. The topological polar surface area (TPSA) is 26.3 Å². The first-order valence-electron chi connectivity index (χ1n) is 4.85. The molecule has 0 aromatic heterocycles. The third kappa shape index (κ3) is 3.63. The van der Waals surface area contributed by atoms with E-state index >= 15 is 0 Å². The Balaban J connectivity index is 3.19. The highest BCUT2D eigenvalue weighted by Gasteiger charge is 2.32. The van der Waals surface area contributed by atoms with Crippen LogP contribution in [0.4, 0.5) is 13.2 Å². The van der Waals surface area contributed by atoms with E-state index < -0.39 is 12.1 Å². The first-order valence-corrected chi connectivity index (χ1v) is 5.39. The number of carbonyl (C=O) groups excluding carboxylic acids is 1. The number of ketones is 1. The first kappa shape index (κ1) is 13.8. The lowest BCUT2D eigenvalue weighted by atomic mass is 10.0. The van der Waals surface area contributed by atoms with Gasteiger partial charge in [0.15, 0.2) is 5.78 Å². The molecule has 0 unspecified atom stereocenters. The summed E-state index contributed by atoms with van der Waals surface area (Å²) >= 11 is 5.39. The maximum Gasteiger partial charge on any atom is 0.573 e. The molecule has 0 aliphatic carbocycles. The van der Waals surface area contributed by atoms with Crippen LogP contribution in [0.1, 0.15) is 22.8 Å². The summed E-state index contributed by atoms with van der Waals surface area (Å²) < 4.78 is 40.3. The molecular formula is C11H10ClF3O2. The Morgan fingerprint density at radius 2 is 2.06 bits per heavy atom. The maximum absolute atomic E-state index is 12.1. The molecule has 0 fully saturated rings. The lowest BCUT2D eigenvalue weighted by Crippen LogP contribution is -2.19. The van der Waals surface area contributed by atoms with E-state index in [0.29, 0.717) is 0 Å². The highest BCUT2D eigenvalue weighted by Crippen LogP contribution is 2.29. The number of benzene rings is 1. The second kappa shape index (κ2) is 5.40. The Hall–Kier alpha value is -1.23. The van der Waals surface area contributed by atoms with Gasteiger partial charge in [0.2, 0.25) is 0 Å². The molecule has 0 aliphatic rings. The van der Waals surface area contributed by atoms with Gasteiger partial charge in [-0.2, -0.15) is 0 Å². The smallest absolute Gasteiger partial charge is 0.405 e. The second-order valence-corrected chi connectivity index (χ2v) is 3.51. The van der Waals surface area contributed by atoms with Crippen molar-refractivity contribution in [2.24, 2.45) is 0 Å². The van der Waals surface area contributed by atoms with Crippen LogP contribution < -0.4 is 4.74 Å². The Kier molecular flexibility index (Phi) is 4.40. The fraction of sp³-hybridized carbons (Fsp3) is 0.364. The van der Waals surface area contributed by atoms with Crippen LogP contribution in [0.2, 0.25) is 0 Å². The minimum absolute atomic E-state index is 0.171.